The van der Waals surface area contributed by atoms with Gasteiger partial charge in [0, 0.05) is 11.9 Å². The van der Waals surface area contributed by atoms with Crippen molar-refractivity contribution in [3.63, 3.8) is 0 Å². The summed E-state index contributed by atoms with van der Waals surface area (Å²) in [7, 11) is 0. The van der Waals surface area contributed by atoms with Crippen LogP contribution in [-0.2, 0) is 32.3 Å². The minimum Gasteiger partial charge on any atom is -0.460 e. The van der Waals surface area contributed by atoms with Crippen molar-refractivity contribution in [2.24, 2.45) is 0 Å². The molecule has 0 saturated heterocycles. The predicted molar refractivity (Wildman–Crippen MR) is 107 cm³/mol. The van der Waals surface area contributed by atoms with E-state index < -0.39 is 0 Å². The van der Waals surface area contributed by atoms with E-state index in [-0.39, 0.29) is 38.2 Å². The Hall–Kier alpha value is -2.18. The Morgan fingerprint density at radius 3 is 1.63 bits per heavy atom. The lowest BCUT2D eigenvalue weighted by molar-refractivity contribution is -0.150. The quantitative estimate of drug-likeness (QED) is 0.400. The average Bonchev–Trinajstić information content (AvgIpc) is 2.70. The number of carbonyl (C=O) groups is 2. The summed E-state index contributed by atoms with van der Waals surface area (Å²) in [6.45, 7) is 1.17. The van der Waals surface area contributed by atoms with E-state index in [1.165, 1.54) is 0 Å². The van der Waals surface area contributed by atoms with Gasteiger partial charge in [0.2, 0.25) is 0 Å². The summed E-state index contributed by atoms with van der Waals surface area (Å²) in [4.78, 5) is 26.0. The lowest BCUT2D eigenvalue weighted by atomic mass is 10.2. The maximum Gasteiger partial charge on any atom is 0.320 e. The predicted octanol–water partition coefficient (Wildman–Crippen LogP) is 3.56. The van der Waals surface area contributed by atoms with Gasteiger partial charge in [-0.05, 0) is 17.5 Å². The summed E-state index contributed by atoms with van der Waals surface area (Å²) in [6.07, 6.45) is 0.817. The van der Waals surface area contributed by atoms with Crippen LogP contribution in [0.2, 0.25) is 0 Å². The first-order valence-corrected chi connectivity index (χ1v) is 9.97. The molecule has 0 aromatic heterocycles. The second-order valence-corrected chi connectivity index (χ2v) is 6.84. The first kappa shape index (κ1) is 21.1. The van der Waals surface area contributed by atoms with Crippen molar-refractivity contribution in [3.8, 4) is 0 Å². The number of alkyl halides is 1. The molecule has 0 aliphatic carbocycles. The SMILES string of the molecule is O=C(CN(CCCBr)CC(=O)OCc1ccccc1)OCc1ccccc1. The number of carbonyl (C=O) groups excluding carboxylic acids is 2. The van der Waals surface area contributed by atoms with Gasteiger partial charge >= 0.3 is 11.9 Å². The van der Waals surface area contributed by atoms with Crippen LogP contribution in [0.3, 0.4) is 0 Å². The zero-order chi connectivity index (χ0) is 19.3. The molecule has 5 nitrogen and oxygen atoms in total. The summed E-state index contributed by atoms with van der Waals surface area (Å²) in [5, 5.41) is 0.793. The average molecular weight is 434 g/mol. The van der Waals surface area contributed by atoms with Crippen LogP contribution in [0.5, 0.6) is 0 Å². The minimum absolute atomic E-state index is 0.0558. The molecule has 2 aromatic carbocycles. The van der Waals surface area contributed by atoms with Gasteiger partial charge in [-0.2, -0.15) is 0 Å². The maximum atomic E-state index is 12.1. The van der Waals surface area contributed by atoms with Gasteiger partial charge < -0.3 is 9.47 Å². The van der Waals surface area contributed by atoms with E-state index in [4.69, 9.17) is 9.47 Å². The number of halogens is 1. The van der Waals surface area contributed by atoms with Crippen LogP contribution in [-0.4, -0.2) is 41.8 Å². The van der Waals surface area contributed by atoms with Gasteiger partial charge in [-0.3, -0.25) is 14.5 Å². The van der Waals surface area contributed by atoms with Crippen molar-refractivity contribution in [2.45, 2.75) is 19.6 Å². The molecule has 2 rings (SSSR count). The lowest BCUT2D eigenvalue weighted by Crippen LogP contribution is -2.37. The highest BCUT2D eigenvalue weighted by atomic mass is 79.9. The van der Waals surface area contributed by atoms with E-state index in [2.05, 4.69) is 15.9 Å². The van der Waals surface area contributed by atoms with E-state index in [1.54, 1.807) is 4.90 Å². The van der Waals surface area contributed by atoms with Crippen molar-refractivity contribution in [1.29, 1.82) is 0 Å². The second kappa shape index (κ2) is 12.3. The molecule has 0 heterocycles. The van der Waals surface area contributed by atoms with Crippen molar-refractivity contribution >= 4 is 27.9 Å². The number of hydrogen-bond donors (Lipinski definition) is 0. The molecule has 0 bridgehead atoms. The highest BCUT2D eigenvalue weighted by Gasteiger charge is 2.16. The monoisotopic (exact) mass is 433 g/mol. The Labute approximate surface area is 168 Å². The Morgan fingerprint density at radius 1 is 0.778 bits per heavy atom. The van der Waals surface area contributed by atoms with Gasteiger partial charge in [0.15, 0.2) is 0 Å². The fraction of sp³-hybridized carbons (Fsp3) is 0.333. The third-order valence-corrected chi connectivity index (χ3v) is 4.36. The molecule has 0 spiro atoms. The molecule has 0 N–H and O–H groups in total. The maximum absolute atomic E-state index is 12.1. The topological polar surface area (TPSA) is 55.8 Å². The minimum atomic E-state index is -0.357. The summed E-state index contributed by atoms with van der Waals surface area (Å²) in [5.41, 5.74) is 1.86. The molecule has 144 valence electrons. The van der Waals surface area contributed by atoms with Gasteiger partial charge in [-0.25, -0.2) is 0 Å². The molecule has 0 fully saturated rings. The Morgan fingerprint density at radius 2 is 1.22 bits per heavy atom. The van der Waals surface area contributed by atoms with Crippen LogP contribution in [0.1, 0.15) is 17.5 Å². The molecular formula is C21H24BrNO4. The largest absolute Gasteiger partial charge is 0.460 e. The molecular weight excluding hydrogens is 410 g/mol. The van der Waals surface area contributed by atoms with E-state index in [0.29, 0.717) is 6.54 Å². The molecule has 0 atom stereocenters. The molecule has 0 unspecified atom stereocenters. The Kier molecular flexibility index (Phi) is 9.58. The van der Waals surface area contributed by atoms with Gasteiger partial charge in [-0.1, -0.05) is 76.6 Å². The number of benzene rings is 2. The van der Waals surface area contributed by atoms with Crippen LogP contribution < -0.4 is 0 Å². The molecule has 0 amide bonds. The third kappa shape index (κ3) is 8.84. The van der Waals surface area contributed by atoms with E-state index in [1.807, 2.05) is 60.7 Å². The molecule has 0 aliphatic heterocycles. The van der Waals surface area contributed by atoms with Crippen LogP contribution in [0.4, 0.5) is 0 Å². The van der Waals surface area contributed by atoms with Crippen molar-refractivity contribution in [1.82, 2.24) is 4.90 Å². The standard InChI is InChI=1S/C21H24BrNO4/c22-12-7-13-23(14-20(24)26-16-18-8-3-1-4-9-18)15-21(25)27-17-19-10-5-2-6-11-19/h1-6,8-11H,7,12-17H2. The fourth-order valence-electron chi connectivity index (χ4n) is 2.43. The van der Waals surface area contributed by atoms with Gasteiger partial charge in [0.25, 0.3) is 0 Å². The van der Waals surface area contributed by atoms with Crippen LogP contribution >= 0.6 is 15.9 Å². The van der Waals surface area contributed by atoms with Crippen LogP contribution in [0.15, 0.2) is 60.7 Å². The number of nitrogens with zero attached hydrogens (tertiary/aromatic N) is 1. The Bertz CT molecular complexity index is 636. The van der Waals surface area contributed by atoms with Gasteiger partial charge in [0.05, 0.1) is 13.1 Å². The number of ether oxygens (including phenoxy) is 2. The lowest BCUT2D eigenvalue weighted by Gasteiger charge is -2.20. The van der Waals surface area contributed by atoms with Crippen molar-refractivity contribution in [2.75, 3.05) is 25.0 Å². The Balaban J connectivity index is 1.78. The van der Waals surface area contributed by atoms with Crippen molar-refractivity contribution < 1.29 is 19.1 Å². The van der Waals surface area contributed by atoms with Gasteiger partial charge in [-0.15, -0.1) is 0 Å². The van der Waals surface area contributed by atoms with Crippen molar-refractivity contribution in [3.05, 3.63) is 71.8 Å². The summed E-state index contributed by atoms with van der Waals surface area (Å²) >= 11 is 3.37. The summed E-state index contributed by atoms with van der Waals surface area (Å²) in [5.74, 6) is -0.714. The molecule has 0 radical (unpaired) electrons. The third-order valence-electron chi connectivity index (χ3n) is 3.80. The molecule has 0 saturated carbocycles. The van der Waals surface area contributed by atoms with E-state index in [0.717, 1.165) is 22.9 Å². The van der Waals surface area contributed by atoms with Crippen LogP contribution in [0, 0.1) is 0 Å². The summed E-state index contributed by atoms with van der Waals surface area (Å²) < 4.78 is 10.6. The van der Waals surface area contributed by atoms with Crippen LogP contribution in [0.25, 0.3) is 0 Å². The zero-order valence-corrected chi connectivity index (χ0v) is 16.8. The highest BCUT2D eigenvalue weighted by Crippen LogP contribution is 2.04. The number of hydrogen-bond acceptors (Lipinski definition) is 5. The fourth-order valence-corrected chi connectivity index (χ4v) is 2.68. The zero-order valence-electron chi connectivity index (χ0n) is 15.2. The first-order chi connectivity index (χ1) is 13.2. The molecule has 0 aliphatic rings. The van der Waals surface area contributed by atoms with E-state index >= 15 is 0 Å². The second-order valence-electron chi connectivity index (χ2n) is 6.05. The summed E-state index contributed by atoms with van der Waals surface area (Å²) in [6, 6.07) is 19.0. The number of rotatable bonds is 11. The molecule has 6 heteroatoms. The smallest absolute Gasteiger partial charge is 0.320 e. The van der Waals surface area contributed by atoms with E-state index in [9.17, 15) is 9.59 Å². The highest BCUT2D eigenvalue weighted by molar-refractivity contribution is 9.09. The molecule has 2 aromatic rings. The first-order valence-electron chi connectivity index (χ1n) is 8.85. The number of esters is 2. The normalized spacial score (nSPS) is 10.6. The molecule has 27 heavy (non-hydrogen) atoms. The van der Waals surface area contributed by atoms with Gasteiger partial charge in [0.1, 0.15) is 13.2 Å².